The molecule has 0 N–H and O–H groups in total. The lowest BCUT2D eigenvalue weighted by Crippen LogP contribution is -1.94. The lowest BCUT2D eigenvalue weighted by atomic mass is 10.00. The number of nitro benzene ring substituents is 1. The van der Waals surface area contributed by atoms with E-state index in [1.54, 1.807) is 36.7 Å². The Bertz CT molecular complexity index is 960. The number of carbonyl (C=O) groups is 1. The average molecular weight is 365 g/mol. The summed E-state index contributed by atoms with van der Waals surface area (Å²) < 4.78 is 5.40. The fraction of sp³-hybridized carbons (Fsp3) is 0.0500. The quantitative estimate of drug-likeness (QED) is 0.201. The maximum absolute atomic E-state index is 11.7. The van der Waals surface area contributed by atoms with Gasteiger partial charge in [0.05, 0.1) is 12.0 Å². The SMILES string of the molecule is COc1ccc(-c2cccs2)cc1/C(C=O)=C\c1ccc([N+](=O)[O-])cc1. The van der Waals surface area contributed by atoms with E-state index in [1.807, 2.05) is 35.7 Å². The second kappa shape index (κ2) is 7.76. The maximum Gasteiger partial charge on any atom is 0.269 e. The predicted octanol–water partition coefficient (Wildman–Crippen LogP) is 5.07. The number of aldehydes is 1. The van der Waals surface area contributed by atoms with E-state index in [1.165, 1.54) is 12.1 Å². The van der Waals surface area contributed by atoms with Gasteiger partial charge in [0.1, 0.15) is 5.75 Å². The van der Waals surface area contributed by atoms with Gasteiger partial charge in [0.15, 0.2) is 6.29 Å². The minimum Gasteiger partial charge on any atom is -0.496 e. The van der Waals surface area contributed by atoms with Crippen LogP contribution in [0.25, 0.3) is 22.1 Å². The van der Waals surface area contributed by atoms with Gasteiger partial charge in [-0.3, -0.25) is 14.9 Å². The molecule has 3 rings (SSSR count). The van der Waals surface area contributed by atoms with Gasteiger partial charge in [-0.25, -0.2) is 0 Å². The second-order valence-electron chi connectivity index (χ2n) is 5.46. The summed E-state index contributed by atoms with van der Waals surface area (Å²) in [6.45, 7) is 0. The standard InChI is InChI=1S/C20H15NO4S/c1-25-19-9-6-15(20-3-2-10-26-20)12-18(19)16(13-22)11-14-4-7-17(8-5-14)21(23)24/h2-13H,1H3/b16-11-. The van der Waals surface area contributed by atoms with E-state index in [2.05, 4.69) is 0 Å². The van der Waals surface area contributed by atoms with Crippen LogP contribution < -0.4 is 4.74 Å². The molecule has 0 aliphatic carbocycles. The van der Waals surface area contributed by atoms with E-state index in [-0.39, 0.29) is 5.69 Å². The first-order chi connectivity index (χ1) is 12.6. The van der Waals surface area contributed by atoms with Gasteiger partial charge in [0.25, 0.3) is 5.69 Å². The highest BCUT2D eigenvalue weighted by Crippen LogP contribution is 2.33. The zero-order valence-electron chi connectivity index (χ0n) is 13.9. The highest BCUT2D eigenvalue weighted by atomic mass is 32.1. The number of thiophene rings is 1. The maximum atomic E-state index is 11.7. The molecule has 2 aromatic carbocycles. The Kier molecular flexibility index (Phi) is 5.24. The highest BCUT2D eigenvalue weighted by Gasteiger charge is 2.12. The molecule has 0 aliphatic rings. The summed E-state index contributed by atoms with van der Waals surface area (Å²) >= 11 is 1.61. The van der Waals surface area contributed by atoms with Crippen molar-refractivity contribution in [2.24, 2.45) is 0 Å². The Morgan fingerprint density at radius 3 is 2.50 bits per heavy atom. The molecule has 0 unspecified atom stereocenters. The number of allylic oxidation sites excluding steroid dienone is 1. The number of methoxy groups -OCH3 is 1. The zero-order chi connectivity index (χ0) is 18.5. The topological polar surface area (TPSA) is 69.4 Å². The Labute approximate surface area is 154 Å². The van der Waals surface area contributed by atoms with Gasteiger partial charge in [0.2, 0.25) is 0 Å². The molecule has 0 atom stereocenters. The molecule has 0 spiro atoms. The van der Waals surface area contributed by atoms with Gasteiger partial charge in [-0.05, 0) is 59.0 Å². The van der Waals surface area contributed by atoms with Crippen molar-refractivity contribution >= 4 is 35.0 Å². The summed E-state index contributed by atoms with van der Waals surface area (Å²) in [4.78, 5) is 23.1. The van der Waals surface area contributed by atoms with Crippen molar-refractivity contribution in [2.75, 3.05) is 7.11 Å². The number of hydrogen-bond donors (Lipinski definition) is 0. The molecule has 130 valence electrons. The molecule has 1 heterocycles. The van der Waals surface area contributed by atoms with Gasteiger partial charge in [0, 0.05) is 28.1 Å². The summed E-state index contributed by atoms with van der Waals surface area (Å²) in [5.74, 6) is 0.588. The van der Waals surface area contributed by atoms with Crippen LogP contribution in [-0.2, 0) is 4.79 Å². The predicted molar refractivity (Wildman–Crippen MR) is 103 cm³/mol. The molecular formula is C20H15NO4S. The van der Waals surface area contributed by atoms with Crippen molar-refractivity contribution in [3.05, 3.63) is 81.2 Å². The van der Waals surface area contributed by atoms with Crippen molar-refractivity contribution < 1.29 is 14.5 Å². The van der Waals surface area contributed by atoms with Gasteiger partial charge < -0.3 is 4.74 Å². The van der Waals surface area contributed by atoms with E-state index in [0.29, 0.717) is 22.4 Å². The molecule has 0 bridgehead atoms. The van der Waals surface area contributed by atoms with Crippen LogP contribution in [0.5, 0.6) is 5.75 Å². The number of ether oxygens (including phenoxy) is 1. The molecule has 0 amide bonds. The summed E-state index contributed by atoms with van der Waals surface area (Å²) in [6, 6.07) is 15.7. The smallest absolute Gasteiger partial charge is 0.269 e. The number of benzene rings is 2. The van der Waals surface area contributed by atoms with Crippen molar-refractivity contribution in [1.29, 1.82) is 0 Å². The molecule has 0 radical (unpaired) electrons. The molecule has 0 saturated heterocycles. The van der Waals surface area contributed by atoms with Crippen molar-refractivity contribution in [3.63, 3.8) is 0 Å². The first-order valence-corrected chi connectivity index (χ1v) is 8.64. The molecule has 26 heavy (non-hydrogen) atoms. The average Bonchev–Trinajstić information content (AvgIpc) is 3.20. The summed E-state index contributed by atoms with van der Waals surface area (Å²) in [5, 5.41) is 12.8. The lowest BCUT2D eigenvalue weighted by Gasteiger charge is -2.10. The summed E-state index contributed by atoms with van der Waals surface area (Å²) in [5.41, 5.74) is 2.81. The molecule has 1 aromatic heterocycles. The lowest BCUT2D eigenvalue weighted by molar-refractivity contribution is -0.384. The summed E-state index contributed by atoms with van der Waals surface area (Å²) in [6.07, 6.45) is 2.45. The molecule has 6 heteroatoms. The first kappa shape index (κ1) is 17.6. The fourth-order valence-corrected chi connectivity index (χ4v) is 3.30. The van der Waals surface area contributed by atoms with Crippen LogP contribution in [-0.4, -0.2) is 18.3 Å². The third-order valence-electron chi connectivity index (χ3n) is 3.87. The number of nitro groups is 1. The Morgan fingerprint density at radius 1 is 1.15 bits per heavy atom. The van der Waals surface area contributed by atoms with Crippen molar-refractivity contribution in [3.8, 4) is 16.2 Å². The Morgan fingerprint density at radius 2 is 1.92 bits per heavy atom. The number of nitrogens with zero attached hydrogens (tertiary/aromatic N) is 1. The summed E-state index contributed by atoms with van der Waals surface area (Å²) in [7, 11) is 1.55. The van der Waals surface area contributed by atoms with E-state index >= 15 is 0 Å². The highest BCUT2D eigenvalue weighted by molar-refractivity contribution is 7.13. The Hall–Kier alpha value is -3.25. The number of rotatable bonds is 6. The minimum absolute atomic E-state index is 0.00655. The molecule has 5 nitrogen and oxygen atoms in total. The van der Waals surface area contributed by atoms with E-state index < -0.39 is 4.92 Å². The van der Waals surface area contributed by atoms with Crippen molar-refractivity contribution in [1.82, 2.24) is 0 Å². The van der Waals surface area contributed by atoms with Crippen LogP contribution in [0.2, 0.25) is 0 Å². The van der Waals surface area contributed by atoms with Gasteiger partial charge >= 0.3 is 0 Å². The third-order valence-corrected chi connectivity index (χ3v) is 4.79. The Balaban J connectivity index is 2.04. The first-order valence-electron chi connectivity index (χ1n) is 7.76. The monoisotopic (exact) mass is 365 g/mol. The largest absolute Gasteiger partial charge is 0.496 e. The van der Waals surface area contributed by atoms with E-state index in [4.69, 9.17) is 4.74 Å². The normalized spacial score (nSPS) is 11.2. The van der Waals surface area contributed by atoms with Gasteiger partial charge in [-0.15, -0.1) is 11.3 Å². The van der Waals surface area contributed by atoms with E-state index in [9.17, 15) is 14.9 Å². The molecule has 3 aromatic rings. The van der Waals surface area contributed by atoms with Gasteiger partial charge in [-0.2, -0.15) is 0 Å². The molecule has 0 aliphatic heterocycles. The van der Waals surface area contributed by atoms with Gasteiger partial charge in [-0.1, -0.05) is 6.07 Å². The van der Waals surface area contributed by atoms with Crippen LogP contribution in [0.1, 0.15) is 11.1 Å². The number of non-ortho nitro benzene ring substituents is 1. The van der Waals surface area contributed by atoms with Crippen LogP contribution >= 0.6 is 11.3 Å². The second-order valence-corrected chi connectivity index (χ2v) is 6.41. The zero-order valence-corrected chi connectivity index (χ0v) is 14.7. The van der Waals surface area contributed by atoms with Crippen molar-refractivity contribution in [2.45, 2.75) is 0 Å². The van der Waals surface area contributed by atoms with E-state index in [0.717, 1.165) is 16.7 Å². The molecular weight excluding hydrogens is 350 g/mol. The third kappa shape index (κ3) is 3.70. The fourth-order valence-electron chi connectivity index (χ4n) is 2.58. The molecule has 0 saturated carbocycles. The van der Waals surface area contributed by atoms with Crippen LogP contribution in [0.15, 0.2) is 60.0 Å². The number of carbonyl (C=O) groups excluding carboxylic acids is 1. The minimum atomic E-state index is -0.457. The van der Waals surface area contributed by atoms with Crippen LogP contribution in [0, 0.1) is 10.1 Å². The van der Waals surface area contributed by atoms with Crippen LogP contribution in [0.3, 0.4) is 0 Å². The molecule has 0 fully saturated rings. The van der Waals surface area contributed by atoms with Crippen LogP contribution in [0.4, 0.5) is 5.69 Å². The number of hydrogen-bond acceptors (Lipinski definition) is 5.